The second-order valence-corrected chi connectivity index (χ2v) is 7.41. The highest BCUT2D eigenvalue weighted by atomic mass is 19.1. The predicted molar refractivity (Wildman–Crippen MR) is 89.4 cm³/mol. The van der Waals surface area contributed by atoms with Gasteiger partial charge in [-0.1, -0.05) is 0 Å². The molecule has 1 aromatic rings. The summed E-state index contributed by atoms with van der Waals surface area (Å²) in [4.78, 5) is 28.7. The Morgan fingerprint density at radius 1 is 1.20 bits per heavy atom. The first-order chi connectivity index (χ1) is 12.1. The van der Waals surface area contributed by atoms with Crippen LogP contribution in [-0.2, 0) is 9.59 Å². The van der Waals surface area contributed by atoms with Crippen molar-refractivity contribution < 1.29 is 18.7 Å². The molecule has 3 fully saturated rings. The van der Waals surface area contributed by atoms with E-state index in [1.54, 1.807) is 0 Å². The Hall–Kier alpha value is -2.11. The lowest BCUT2D eigenvalue weighted by atomic mass is 9.76. The van der Waals surface area contributed by atoms with E-state index in [4.69, 9.17) is 4.74 Å². The molecule has 1 aromatic carbocycles. The second kappa shape index (κ2) is 6.65. The van der Waals surface area contributed by atoms with E-state index < -0.39 is 0 Å². The van der Waals surface area contributed by atoms with Crippen LogP contribution in [0.15, 0.2) is 24.3 Å². The number of benzene rings is 1. The predicted octanol–water partition coefficient (Wildman–Crippen LogP) is 2.06. The molecule has 0 saturated carbocycles. The Bertz CT molecular complexity index is 663. The van der Waals surface area contributed by atoms with Crippen molar-refractivity contribution in [1.82, 2.24) is 9.80 Å². The first-order valence-electron chi connectivity index (χ1n) is 9.06. The molecule has 134 valence electrons. The van der Waals surface area contributed by atoms with Gasteiger partial charge in [0, 0.05) is 32.1 Å². The maximum absolute atomic E-state index is 12.9. The molecule has 0 radical (unpaired) electrons. The number of amides is 2. The maximum atomic E-state index is 12.9. The fourth-order valence-electron chi connectivity index (χ4n) is 4.58. The van der Waals surface area contributed by atoms with E-state index in [0.29, 0.717) is 43.1 Å². The second-order valence-electron chi connectivity index (χ2n) is 7.41. The maximum Gasteiger partial charge on any atom is 0.260 e. The molecule has 3 heterocycles. The Morgan fingerprint density at radius 2 is 2.00 bits per heavy atom. The van der Waals surface area contributed by atoms with Crippen molar-refractivity contribution in [2.45, 2.75) is 31.7 Å². The van der Waals surface area contributed by atoms with E-state index in [-0.39, 0.29) is 24.2 Å². The summed E-state index contributed by atoms with van der Waals surface area (Å²) in [5.74, 6) is 1.17. The number of likely N-dealkylation sites (tertiary alicyclic amines) is 1. The van der Waals surface area contributed by atoms with Crippen LogP contribution in [0.1, 0.15) is 25.7 Å². The van der Waals surface area contributed by atoms with Crippen LogP contribution >= 0.6 is 0 Å². The molecular formula is C19H23FN2O3. The summed E-state index contributed by atoms with van der Waals surface area (Å²) in [5, 5.41) is 0. The minimum atomic E-state index is -0.325. The molecule has 2 bridgehead atoms. The number of hydrogen-bond acceptors (Lipinski definition) is 3. The highest BCUT2D eigenvalue weighted by Crippen LogP contribution is 2.37. The Labute approximate surface area is 146 Å². The van der Waals surface area contributed by atoms with E-state index in [1.807, 2.05) is 4.90 Å². The molecule has 0 aromatic heterocycles. The molecule has 0 spiro atoms. The van der Waals surface area contributed by atoms with E-state index >= 15 is 0 Å². The van der Waals surface area contributed by atoms with Gasteiger partial charge in [0.1, 0.15) is 11.6 Å². The minimum absolute atomic E-state index is 0.0294. The van der Waals surface area contributed by atoms with Gasteiger partial charge in [0.15, 0.2) is 6.61 Å². The average Bonchev–Trinajstić information content (AvgIpc) is 2.62. The first-order valence-corrected chi connectivity index (χ1v) is 9.06. The van der Waals surface area contributed by atoms with Crippen molar-refractivity contribution in [2.75, 3.05) is 26.2 Å². The van der Waals surface area contributed by atoms with Gasteiger partial charge in [0.05, 0.1) is 0 Å². The summed E-state index contributed by atoms with van der Waals surface area (Å²) in [6.45, 7) is 2.15. The van der Waals surface area contributed by atoms with Gasteiger partial charge >= 0.3 is 0 Å². The lowest BCUT2D eigenvalue weighted by Crippen LogP contribution is -2.61. The molecule has 5 nitrogen and oxygen atoms in total. The number of nitrogens with zero attached hydrogens (tertiary/aromatic N) is 2. The number of hydrogen-bond donors (Lipinski definition) is 0. The molecule has 25 heavy (non-hydrogen) atoms. The third kappa shape index (κ3) is 3.34. The van der Waals surface area contributed by atoms with Crippen LogP contribution in [0.2, 0.25) is 0 Å². The summed E-state index contributed by atoms with van der Waals surface area (Å²) in [6, 6.07) is 5.99. The third-order valence-corrected chi connectivity index (χ3v) is 5.71. The number of fused-ring (bicyclic) bond motifs is 4. The molecule has 0 aliphatic carbocycles. The van der Waals surface area contributed by atoms with Crippen molar-refractivity contribution in [3.63, 3.8) is 0 Å². The van der Waals surface area contributed by atoms with Gasteiger partial charge < -0.3 is 14.5 Å². The molecule has 3 aliphatic rings. The van der Waals surface area contributed by atoms with Crippen molar-refractivity contribution in [3.05, 3.63) is 30.1 Å². The first kappa shape index (κ1) is 16.4. The molecule has 2 unspecified atom stereocenters. The lowest BCUT2D eigenvalue weighted by molar-refractivity contribution is -0.149. The summed E-state index contributed by atoms with van der Waals surface area (Å²) in [6.07, 6.45) is 3.79. The molecule has 3 saturated heterocycles. The zero-order chi connectivity index (χ0) is 17.4. The monoisotopic (exact) mass is 346 g/mol. The molecule has 2 amide bonds. The summed E-state index contributed by atoms with van der Waals surface area (Å²) >= 11 is 0. The average molecular weight is 346 g/mol. The van der Waals surface area contributed by atoms with Crippen LogP contribution in [-0.4, -0.2) is 53.9 Å². The minimum Gasteiger partial charge on any atom is -0.484 e. The molecule has 3 atom stereocenters. The zero-order valence-electron chi connectivity index (χ0n) is 14.2. The number of carbonyl (C=O) groups is 2. The van der Waals surface area contributed by atoms with Gasteiger partial charge in [0.2, 0.25) is 5.91 Å². The van der Waals surface area contributed by atoms with Crippen LogP contribution in [0.25, 0.3) is 0 Å². The van der Waals surface area contributed by atoms with Crippen molar-refractivity contribution in [3.8, 4) is 5.75 Å². The zero-order valence-corrected chi connectivity index (χ0v) is 14.2. The highest BCUT2D eigenvalue weighted by molar-refractivity contribution is 5.79. The van der Waals surface area contributed by atoms with Crippen LogP contribution in [0.3, 0.4) is 0 Å². The van der Waals surface area contributed by atoms with Gasteiger partial charge in [0.25, 0.3) is 5.91 Å². The fourth-order valence-corrected chi connectivity index (χ4v) is 4.58. The topological polar surface area (TPSA) is 49.9 Å². The SMILES string of the molecule is O=C(COc1ccc(F)cc1)N1CC2CC(C1)[C@H]1CCCC(=O)N1C2. The van der Waals surface area contributed by atoms with Gasteiger partial charge in [-0.25, -0.2) is 4.39 Å². The summed E-state index contributed by atoms with van der Waals surface area (Å²) < 4.78 is 18.4. The summed E-state index contributed by atoms with van der Waals surface area (Å²) in [7, 11) is 0. The Morgan fingerprint density at radius 3 is 2.80 bits per heavy atom. The standard InChI is InChI=1S/C19H23FN2O3/c20-15-4-6-16(7-5-15)25-12-19(24)21-9-13-8-14(11-21)17-2-1-3-18(23)22(17)10-13/h4-7,13-14,17H,1-3,8-12H2/t13?,14?,17-/m1/s1. The van der Waals surface area contributed by atoms with E-state index in [1.165, 1.54) is 24.3 Å². The number of halogens is 1. The third-order valence-electron chi connectivity index (χ3n) is 5.71. The molecule has 4 rings (SSSR count). The van der Waals surface area contributed by atoms with Gasteiger partial charge in [-0.05, 0) is 55.4 Å². The molecule has 0 N–H and O–H groups in total. The lowest BCUT2D eigenvalue weighted by Gasteiger charge is -2.52. The van der Waals surface area contributed by atoms with Gasteiger partial charge in [-0.15, -0.1) is 0 Å². The van der Waals surface area contributed by atoms with Crippen LogP contribution in [0, 0.1) is 17.7 Å². The van der Waals surface area contributed by atoms with E-state index in [2.05, 4.69) is 4.90 Å². The molecule has 6 heteroatoms. The largest absolute Gasteiger partial charge is 0.484 e. The van der Waals surface area contributed by atoms with Gasteiger partial charge in [-0.3, -0.25) is 9.59 Å². The van der Waals surface area contributed by atoms with Crippen LogP contribution < -0.4 is 4.74 Å². The van der Waals surface area contributed by atoms with Gasteiger partial charge in [-0.2, -0.15) is 0 Å². The van der Waals surface area contributed by atoms with Crippen molar-refractivity contribution in [1.29, 1.82) is 0 Å². The van der Waals surface area contributed by atoms with Crippen molar-refractivity contribution >= 4 is 11.8 Å². The Balaban J connectivity index is 1.37. The quantitative estimate of drug-likeness (QED) is 0.842. The number of rotatable bonds is 3. The smallest absolute Gasteiger partial charge is 0.260 e. The van der Waals surface area contributed by atoms with Crippen LogP contribution in [0.5, 0.6) is 5.75 Å². The normalized spacial score (nSPS) is 28.5. The fraction of sp³-hybridized carbons (Fsp3) is 0.579. The Kier molecular flexibility index (Phi) is 4.36. The number of ether oxygens (including phenoxy) is 1. The molecule has 3 aliphatic heterocycles. The number of piperidine rings is 3. The van der Waals surface area contributed by atoms with Crippen LogP contribution in [0.4, 0.5) is 4.39 Å². The number of carbonyl (C=O) groups excluding carboxylic acids is 2. The van der Waals surface area contributed by atoms with E-state index in [0.717, 1.165) is 25.8 Å². The summed E-state index contributed by atoms with van der Waals surface area (Å²) in [5.41, 5.74) is 0. The van der Waals surface area contributed by atoms with Crippen molar-refractivity contribution in [2.24, 2.45) is 11.8 Å². The highest BCUT2D eigenvalue weighted by Gasteiger charge is 2.44. The molecular weight excluding hydrogens is 323 g/mol. The van der Waals surface area contributed by atoms with E-state index in [9.17, 15) is 14.0 Å².